The molecule has 1 N–H and O–H groups in total. The van der Waals surface area contributed by atoms with Gasteiger partial charge in [0.2, 0.25) is 0 Å². The Morgan fingerprint density at radius 1 is 1.25 bits per heavy atom. The lowest BCUT2D eigenvalue weighted by Gasteiger charge is -2.24. The van der Waals surface area contributed by atoms with Gasteiger partial charge in [0, 0.05) is 16.6 Å². The van der Waals surface area contributed by atoms with Gasteiger partial charge < -0.3 is 5.32 Å². The molecule has 0 fully saturated rings. The van der Waals surface area contributed by atoms with Gasteiger partial charge in [-0.15, -0.1) is 0 Å². The second-order valence-electron chi connectivity index (χ2n) is 4.42. The zero-order valence-corrected chi connectivity index (χ0v) is 11.2. The second kappa shape index (κ2) is 5.65. The Bertz CT molecular complexity index is 356. The normalized spacial score (nSPS) is 22.0. The summed E-state index contributed by atoms with van der Waals surface area (Å²) < 4.78 is 1.14. The van der Waals surface area contributed by atoms with Gasteiger partial charge in [0.15, 0.2) is 0 Å². The van der Waals surface area contributed by atoms with Gasteiger partial charge in [-0.2, -0.15) is 0 Å². The summed E-state index contributed by atoms with van der Waals surface area (Å²) in [5.74, 6) is 0. The Kier molecular flexibility index (Phi) is 4.19. The van der Waals surface area contributed by atoms with E-state index in [1.807, 2.05) is 0 Å². The van der Waals surface area contributed by atoms with Crippen LogP contribution in [0.1, 0.15) is 37.8 Å². The standard InChI is InChI=1S/C14H18BrN/c1-11(12-7-9-13(15)10-8-12)16-14-5-3-2-4-6-14/h2-3,7-11,14,16H,4-6H2,1H3. The van der Waals surface area contributed by atoms with Gasteiger partial charge in [0.1, 0.15) is 0 Å². The molecule has 0 saturated carbocycles. The SMILES string of the molecule is CC(NC1CC=CCC1)c1ccc(Br)cc1. The smallest absolute Gasteiger partial charge is 0.0294 e. The fourth-order valence-electron chi connectivity index (χ4n) is 2.15. The van der Waals surface area contributed by atoms with Crippen molar-refractivity contribution in [2.75, 3.05) is 0 Å². The van der Waals surface area contributed by atoms with Crippen molar-refractivity contribution in [2.45, 2.75) is 38.3 Å². The summed E-state index contributed by atoms with van der Waals surface area (Å²) in [7, 11) is 0. The first-order valence-corrected chi connectivity index (χ1v) is 6.71. The fourth-order valence-corrected chi connectivity index (χ4v) is 2.41. The summed E-state index contributed by atoms with van der Waals surface area (Å²) in [6.07, 6.45) is 8.21. The Morgan fingerprint density at radius 2 is 2.00 bits per heavy atom. The largest absolute Gasteiger partial charge is 0.307 e. The monoisotopic (exact) mass is 279 g/mol. The van der Waals surface area contributed by atoms with Crippen molar-refractivity contribution in [2.24, 2.45) is 0 Å². The number of hydrogen-bond acceptors (Lipinski definition) is 1. The van der Waals surface area contributed by atoms with Crippen LogP contribution in [0.15, 0.2) is 40.9 Å². The molecule has 0 saturated heterocycles. The molecular formula is C14H18BrN. The van der Waals surface area contributed by atoms with E-state index in [-0.39, 0.29) is 0 Å². The molecular weight excluding hydrogens is 262 g/mol. The number of hydrogen-bond donors (Lipinski definition) is 1. The summed E-state index contributed by atoms with van der Waals surface area (Å²) in [6, 6.07) is 9.65. The maximum Gasteiger partial charge on any atom is 0.0294 e. The average molecular weight is 280 g/mol. The summed E-state index contributed by atoms with van der Waals surface area (Å²) in [4.78, 5) is 0. The van der Waals surface area contributed by atoms with Crippen LogP contribution in [-0.4, -0.2) is 6.04 Å². The molecule has 1 aromatic carbocycles. The minimum atomic E-state index is 0.435. The van der Waals surface area contributed by atoms with Gasteiger partial charge in [-0.1, -0.05) is 40.2 Å². The predicted octanol–water partition coefficient (Wildman–Crippen LogP) is 4.21. The molecule has 2 unspecified atom stereocenters. The van der Waals surface area contributed by atoms with Crippen LogP contribution in [0, 0.1) is 0 Å². The van der Waals surface area contributed by atoms with Gasteiger partial charge in [0.05, 0.1) is 0 Å². The quantitative estimate of drug-likeness (QED) is 0.818. The number of halogens is 1. The highest BCUT2D eigenvalue weighted by atomic mass is 79.9. The molecule has 2 rings (SSSR count). The van der Waals surface area contributed by atoms with Gasteiger partial charge in [-0.25, -0.2) is 0 Å². The van der Waals surface area contributed by atoms with Crippen LogP contribution in [0.5, 0.6) is 0 Å². The van der Waals surface area contributed by atoms with Gasteiger partial charge >= 0.3 is 0 Å². The van der Waals surface area contributed by atoms with E-state index in [4.69, 9.17) is 0 Å². The lowest BCUT2D eigenvalue weighted by Crippen LogP contribution is -2.32. The van der Waals surface area contributed by atoms with Gasteiger partial charge in [-0.3, -0.25) is 0 Å². The molecule has 0 amide bonds. The average Bonchev–Trinajstić information content (AvgIpc) is 2.31. The maximum absolute atomic E-state index is 3.69. The van der Waals surface area contributed by atoms with Crippen LogP contribution in [-0.2, 0) is 0 Å². The van der Waals surface area contributed by atoms with Crippen molar-refractivity contribution in [1.82, 2.24) is 5.32 Å². The summed E-state index contributed by atoms with van der Waals surface area (Å²) in [5.41, 5.74) is 1.36. The number of allylic oxidation sites excluding steroid dienone is 1. The summed E-state index contributed by atoms with van der Waals surface area (Å²) in [5, 5.41) is 3.69. The van der Waals surface area contributed by atoms with Crippen LogP contribution in [0.4, 0.5) is 0 Å². The highest BCUT2D eigenvalue weighted by molar-refractivity contribution is 9.10. The van der Waals surface area contributed by atoms with E-state index in [0.29, 0.717) is 12.1 Å². The molecule has 0 bridgehead atoms. The third kappa shape index (κ3) is 3.19. The molecule has 0 heterocycles. The molecule has 2 atom stereocenters. The number of nitrogens with one attached hydrogen (secondary N) is 1. The Labute approximate surface area is 106 Å². The fraction of sp³-hybridized carbons (Fsp3) is 0.429. The molecule has 2 heteroatoms. The van der Waals surface area contributed by atoms with Crippen molar-refractivity contribution in [3.05, 3.63) is 46.5 Å². The third-order valence-electron chi connectivity index (χ3n) is 3.12. The molecule has 1 aliphatic rings. The van der Waals surface area contributed by atoms with Crippen LogP contribution in [0.25, 0.3) is 0 Å². The Morgan fingerprint density at radius 3 is 2.62 bits per heavy atom. The topological polar surface area (TPSA) is 12.0 Å². The van der Waals surface area contributed by atoms with Gasteiger partial charge in [-0.05, 0) is 43.9 Å². The number of benzene rings is 1. The van der Waals surface area contributed by atoms with E-state index in [9.17, 15) is 0 Å². The first-order chi connectivity index (χ1) is 7.75. The summed E-state index contributed by atoms with van der Waals surface area (Å²) in [6.45, 7) is 2.24. The summed E-state index contributed by atoms with van der Waals surface area (Å²) >= 11 is 3.46. The Balaban J connectivity index is 1.94. The molecule has 1 aromatic rings. The molecule has 0 aliphatic heterocycles. The lowest BCUT2D eigenvalue weighted by molar-refractivity contribution is 0.426. The van der Waals surface area contributed by atoms with E-state index in [1.165, 1.54) is 24.8 Å². The van der Waals surface area contributed by atoms with Crippen LogP contribution < -0.4 is 5.32 Å². The highest BCUT2D eigenvalue weighted by Gasteiger charge is 2.13. The molecule has 1 aliphatic carbocycles. The molecule has 0 radical (unpaired) electrons. The first-order valence-electron chi connectivity index (χ1n) is 5.92. The van der Waals surface area contributed by atoms with E-state index in [0.717, 1.165) is 4.47 Å². The zero-order chi connectivity index (χ0) is 11.4. The molecule has 0 aromatic heterocycles. The van der Waals surface area contributed by atoms with E-state index in [2.05, 4.69) is 64.6 Å². The van der Waals surface area contributed by atoms with Crippen LogP contribution in [0.3, 0.4) is 0 Å². The van der Waals surface area contributed by atoms with E-state index < -0.39 is 0 Å². The Hall–Kier alpha value is -0.600. The minimum absolute atomic E-state index is 0.435. The lowest BCUT2D eigenvalue weighted by atomic mass is 9.99. The van der Waals surface area contributed by atoms with E-state index >= 15 is 0 Å². The van der Waals surface area contributed by atoms with Gasteiger partial charge in [0.25, 0.3) is 0 Å². The molecule has 16 heavy (non-hydrogen) atoms. The molecule has 0 spiro atoms. The van der Waals surface area contributed by atoms with E-state index in [1.54, 1.807) is 0 Å². The molecule has 1 nitrogen and oxygen atoms in total. The van der Waals surface area contributed by atoms with Crippen molar-refractivity contribution >= 4 is 15.9 Å². The van der Waals surface area contributed by atoms with Crippen LogP contribution in [0.2, 0.25) is 0 Å². The first kappa shape index (κ1) is 11.9. The van der Waals surface area contributed by atoms with Crippen molar-refractivity contribution < 1.29 is 0 Å². The predicted molar refractivity (Wildman–Crippen MR) is 72.5 cm³/mol. The highest BCUT2D eigenvalue weighted by Crippen LogP contribution is 2.19. The molecule has 86 valence electrons. The van der Waals surface area contributed by atoms with Crippen molar-refractivity contribution in [1.29, 1.82) is 0 Å². The van der Waals surface area contributed by atoms with Crippen molar-refractivity contribution in [3.63, 3.8) is 0 Å². The zero-order valence-electron chi connectivity index (χ0n) is 9.62. The maximum atomic E-state index is 3.69. The van der Waals surface area contributed by atoms with Crippen molar-refractivity contribution in [3.8, 4) is 0 Å². The minimum Gasteiger partial charge on any atom is -0.307 e. The van der Waals surface area contributed by atoms with Crippen LogP contribution >= 0.6 is 15.9 Å². The number of rotatable bonds is 3. The third-order valence-corrected chi connectivity index (χ3v) is 3.65. The second-order valence-corrected chi connectivity index (χ2v) is 5.34.